The molecule has 1 aliphatic rings. The lowest BCUT2D eigenvalue weighted by molar-refractivity contribution is 0.308. The average molecular weight is 238 g/mol. The van der Waals surface area contributed by atoms with Gasteiger partial charge in [0.05, 0.1) is 0 Å². The molecule has 0 heterocycles. The number of halogens is 1. The molecule has 1 fully saturated rings. The fraction of sp³-hybridized carbons (Fsp3) is 0.571. The summed E-state index contributed by atoms with van der Waals surface area (Å²) in [6.07, 6.45) is 6.52. The summed E-state index contributed by atoms with van der Waals surface area (Å²) in [5, 5.41) is 0.832. The predicted molar refractivity (Wildman–Crippen MR) is 69.7 cm³/mol. The molecule has 0 saturated heterocycles. The molecule has 0 aliphatic heterocycles. The molecule has 88 valence electrons. The first-order valence-electron chi connectivity index (χ1n) is 6.20. The molecule has 0 bridgehead atoms. The third-order valence-corrected chi connectivity index (χ3v) is 4.00. The Morgan fingerprint density at radius 3 is 2.56 bits per heavy atom. The van der Waals surface area contributed by atoms with Gasteiger partial charge < -0.3 is 5.73 Å². The minimum Gasteiger partial charge on any atom is -0.324 e. The van der Waals surface area contributed by atoms with Crippen LogP contribution in [0.1, 0.15) is 49.3 Å². The van der Waals surface area contributed by atoms with Gasteiger partial charge in [-0.1, -0.05) is 43.0 Å². The molecule has 2 rings (SSSR count). The highest BCUT2D eigenvalue weighted by atomic mass is 35.5. The van der Waals surface area contributed by atoms with E-state index >= 15 is 0 Å². The summed E-state index contributed by atoms with van der Waals surface area (Å²) in [5.41, 5.74) is 8.66. The molecule has 0 amide bonds. The third-order valence-electron chi connectivity index (χ3n) is 3.67. The van der Waals surface area contributed by atoms with Gasteiger partial charge in [-0.05, 0) is 42.9 Å². The number of nitrogens with two attached hydrogens (primary N) is 1. The summed E-state index contributed by atoms with van der Waals surface area (Å²) in [5.74, 6) is 0.619. The van der Waals surface area contributed by atoms with E-state index in [-0.39, 0.29) is 6.04 Å². The van der Waals surface area contributed by atoms with Crippen LogP contribution in [0.15, 0.2) is 18.2 Å². The van der Waals surface area contributed by atoms with E-state index in [2.05, 4.69) is 19.1 Å². The summed E-state index contributed by atoms with van der Waals surface area (Å²) in [7, 11) is 0. The monoisotopic (exact) mass is 237 g/mol. The van der Waals surface area contributed by atoms with Crippen molar-refractivity contribution < 1.29 is 0 Å². The van der Waals surface area contributed by atoms with E-state index < -0.39 is 0 Å². The number of hydrogen-bond donors (Lipinski definition) is 1. The van der Waals surface area contributed by atoms with E-state index in [1.54, 1.807) is 0 Å². The summed E-state index contributed by atoms with van der Waals surface area (Å²) in [6, 6.07) is 6.33. The minimum absolute atomic E-state index is 0.119. The number of aryl methyl sites for hydroxylation is 1. The Balaban J connectivity index is 2.15. The maximum absolute atomic E-state index is 6.34. The van der Waals surface area contributed by atoms with Crippen molar-refractivity contribution in [2.45, 2.75) is 45.1 Å². The Labute approximate surface area is 103 Å². The molecule has 1 unspecified atom stereocenters. The van der Waals surface area contributed by atoms with E-state index in [0.717, 1.165) is 10.6 Å². The van der Waals surface area contributed by atoms with Crippen molar-refractivity contribution >= 4 is 11.6 Å². The molecule has 1 nitrogen and oxygen atoms in total. The highest BCUT2D eigenvalue weighted by Gasteiger charge is 2.23. The number of benzene rings is 1. The molecule has 16 heavy (non-hydrogen) atoms. The zero-order valence-electron chi connectivity index (χ0n) is 9.88. The van der Waals surface area contributed by atoms with Crippen LogP contribution in [0.4, 0.5) is 0 Å². The molecule has 2 N–H and O–H groups in total. The zero-order chi connectivity index (χ0) is 11.5. The number of rotatable bonds is 2. The Kier molecular flexibility index (Phi) is 3.88. The van der Waals surface area contributed by atoms with Crippen LogP contribution < -0.4 is 5.73 Å². The highest BCUT2D eigenvalue weighted by molar-refractivity contribution is 6.31. The van der Waals surface area contributed by atoms with E-state index in [1.807, 2.05) is 6.07 Å². The molecule has 2 heteroatoms. The Hall–Kier alpha value is -0.530. The van der Waals surface area contributed by atoms with Crippen LogP contribution in [0.2, 0.25) is 5.02 Å². The maximum atomic E-state index is 6.34. The van der Waals surface area contributed by atoms with E-state index in [1.165, 1.54) is 37.7 Å². The first-order valence-corrected chi connectivity index (χ1v) is 6.58. The average Bonchev–Trinajstić information content (AvgIpc) is 2.29. The number of hydrogen-bond acceptors (Lipinski definition) is 1. The molecule has 0 radical (unpaired) electrons. The van der Waals surface area contributed by atoms with Crippen molar-refractivity contribution in [1.82, 2.24) is 0 Å². The normalized spacial score (nSPS) is 19.7. The second kappa shape index (κ2) is 5.20. The van der Waals surface area contributed by atoms with Crippen molar-refractivity contribution in [1.29, 1.82) is 0 Å². The van der Waals surface area contributed by atoms with Crippen LogP contribution in [0.3, 0.4) is 0 Å². The highest BCUT2D eigenvalue weighted by Crippen LogP contribution is 2.35. The topological polar surface area (TPSA) is 26.0 Å². The molecule has 1 aliphatic carbocycles. The van der Waals surface area contributed by atoms with Crippen LogP contribution in [0, 0.1) is 12.8 Å². The van der Waals surface area contributed by atoms with E-state index in [4.69, 9.17) is 17.3 Å². The Bertz CT molecular complexity index is 356. The molecule has 1 aromatic rings. The Morgan fingerprint density at radius 2 is 1.94 bits per heavy atom. The molecular formula is C14H20ClN. The summed E-state index contributed by atoms with van der Waals surface area (Å²) in [4.78, 5) is 0. The molecular weight excluding hydrogens is 218 g/mol. The van der Waals surface area contributed by atoms with Gasteiger partial charge in [-0.25, -0.2) is 0 Å². The first kappa shape index (κ1) is 11.9. The van der Waals surface area contributed by atoms with Gasteiger partial charge in [0.25, 0.3) is 0 Å². The molecule has 0 spiro atoms. The van der Waals surface area contributed by atoms with Crippen LogP contribution >= 0.6 is 11.6 Å². The van der Waals surface area contributed by atoms with Gasteiger partial charge in [0.15, 0.2) is 0 Å². The predicted octanol–water partition coefficient (Wildman–Crippen LogP) is 4.23. The van der Waals surface area contributed by atoms with E-state index in [9.17, 15) is 0 Å². The van der Waals surface area contributed by atoms with Crippen LogP contribution in [-0.2, 0) is 0 Å². The third kappa shape index (κ3) is 2.58. The van der Waals surface area contributed by atoms with Crippen molar-refractivity contribution in [3.05, 3.63) is 34.3 Å². The van der Waals surface area contributed by atoms with Gasteiger partial charge >= 0.3 is 0 Å². The van der Waals surface area contributed by atoms with Crippen LogP contribution in [0.5, 0.6) is 0 Å². The summed E-state index contributed by atoms with van der Waals surface area (Å²) in [6.45, 7) is 2.06. The van der Waals surface area contributed by atoms with Gasteiger partial charge in [-0.15, -0.1) is 0 Å². The fourth-order valence-electron chi connectivity index (χ4n) is 2.65. The van der Waals surface area contributed by atoms with Crippen LogP contribution in [0.25, 0.3) is 0 Å². The SMILES string of the molecule is Cc1ccc(C(N)C2CCCCC2)c(Cl)c1. The standard InChI is InChI=1S/C14H20ClN/c1-10-7-8-12(13(15)9-10)14(16)11-5-3-2-4-6-11/h7-9,11,14H,2-6,16H2,1H3. The second-order valence-corrected chi connectivity index (χ2v) is 5.36. The lowest BCUT2D eigenvalue weighted by atomic mass is 9.81. The molecule has 1 saturated carbocycles. The van der Waals surface area contributed by atoms with E-state index in [0.29, 0.717) is 5.92 Å². The van der Waals surface area contributed by atoms with Gasteiger partial charge in [-0.3, -0.25) is 0 Å². The lowest BCUT2D eigenvalue weighted by Crippen LogP contribution is -2.23. The summed E-state index contributed by atoms with van der Waals surface area (Å²) < 4.78 is 0. The molecule has 1 atom stereocenters. The summed E-state index contributed by atoms with van der Waals surface area (Å²) >= 11 is 6.26. The molecule has 0 aromatic heterocycles. The Morgan fingerprint density at radius 1 is 1.25 bits per heavy atom. The van der Waals surface area contributed by atoms with Gasteiger partial charge in [0, 0.05) is 11.1 Å². The quantitative estimate of drug-likeness (QED) is 0.819. The largest absolute Gasteiger partial charge is 0.324 e. The second-order valence-electron chi connectivity index (χ2n) is 4.95. The molecule has 1 aromatic carbocycles. The lowest BCUT2D eigenvalue weighted by Gasteiger charge is -2.28. The van der Waals surface area contributed by atoms with Crippen molar-refractivity contribution in [2.75, 3.05) is 0 Å². The van der Waals surface area contributed by atoms with Gasteiger partial charge in [0.2, 0.25) is 0 Å². The minimum atomic E-state index is 0.119. The van der Waals surface area contributed by atoms with Gasteiger partial charge in [-0.2, -0.15) is 0 Å². The van der Waals surface area contributed by atoms with Crippen LogP contribution in [-0.4, -0.2) is 0 Å². The van der Waals surface area contributed by atoms with Crippen molar-refractivity contribution in [3.63, 3.8) is 0 Å². The zero-order valence-corrected chi connectivity index (χ0v) is 10.6. The fourth-order valence-corrected chi connectivity index (χ4v) is 3.01. The maximum Gasteiger partial charge on any atom is 0.0456 e. The first-order chi connectivity index (χ1) is 7.68. The van der Waals surface area contributed by atoms with Gasteiger partial charge in [0.1, 0.15) is 0 Å². The smallest absolute Gasteiger partial charge is 0.0456 e. The van der Waals surface area contributed by atoms with Crippen molar-refractivity contribution in [3.8, 4) is 0 Å². The van der Waals surface area contributed by atoms with Crippen molar-refractivity contribution in [2.24, 2.45) is 11.7 Å².